The summed E-state index contributed by atoms with van der Waals surface area (Å²) in [7, 11) is 0. The molecule has 0 saturated carbocycles. The minimum absolute atomic E-state index is 0.0654. The van der Waals surface area contributed by atoms with Crippen molar-refractivity contribution >= 4 is 17.6 Å². The molecule has 1 aromatic carbocycles. The third-order valence-corrected chi connectivity index (χ3v) is 2.37. The predicted molar refractivity (Wildman–Crippen MR) is 76.1 cm³/mol. The second-order valence-corrected chi connectivity index (χ2v) is 5.57. The van der Waals surface area contributed by atoms with Crippen LogP contribution in [0.2, 0.25) is 0 Å². The van der Waals surface area contributed by atoms with Crippen molar-refractivity contribution in [1.29, 1.82) is 0 Å². The van der Waals surface area contributed by atoms with Crippen LogP contribution in [-0.2, 0) is 4.79 Å². The first-order chi connectivity index (χ1) is 9.17. The number of carbonyl (C=O) groups excluding carboxylic acids is 2. The number of imide groups is 1. The molecule has 0 aliphatic heterocycles. The van der Waals surface area contributed by atoms with Gasteiger partial charge in [0.1, 0.15) is 5.82 Å². The lowest BCUT2D eigenvalue weighted by molar-refractivity contribution is -0.118. The summed E-state index contributed by atoms with van der Waals surface area (Å²) in [4.78, 5) is 23.1. The average Bonchev–Trinajstić information content (AvgIpc) is 2.24. The number of urea groups is 1. The second kappa shape index (κ2) is 6.36. The second-order valence-electron chi connectivity index (χ2n) is 5.57. The minimum atomic E-state index is -0.542. The Balaban J connectivity index is 2.46. The Morgan fingerprint density at radius 1 is 1.25 bits per heavy atom. The Kier molecular flexibility index (Phi) is 5.07. The summed E-state index contributed by atoms with van der Waals surface area (Å²) in [6.07, 6.45) is 0. The molecule has 0 bridgehead atoms. The van der Waals surface area contributed by atoms with E-state index in [1.54, 1.807) is 13.0 Å². The van der Waals surface area contributed by atoms with Crippen molar-refractivity contribution in [3.8, 4) is 0 Å². The van der Waals surface area contributed by atoms with Crippen LogP contribution < -0.4 is 16.0 Å². The summed E-state index contributed by atoms with van der Waals surface area (Å²) in [6, 6.07) is 3.68. The molecule has 0 aliphatic rings. The lowest BCUT2D eigenvalue weighted by atomic mass is 10.1. The standard InChI is InChI=1S/C14H20FN3O2/c1-9-7-10(15)5-6-11(9)16-8-12(19)17-13(20)18-14(2,3)4/h5-7,16H,8H2,1-4H3,(H2,17,18,19,20). The molecule has 0 unspecified atom stereocenters. The van der Waals surface area contributed by atoms with Gasteiger partial charge in [-0.15, -0.1) is 0 Å². The van der Waals surface area contributed by atoms with Crippen molar-refractivity contribution in [2.75, 3.05) is 11.9 Å². The van der Waals surface area contributed by atoms with E-state index in [1.807, 2.05) is 20.8 Å². The van der Waals surface area contributed by atoms with E-state index >= 15 is 0 Å². The number of hydrogen-bond donors (Lipinski definition) is 3. The summed E-state index contributed by atoms with van der Waals surface area (Å²) in [6.45, 7) is 7.12. The van der Waals surface area contributed by atoms with Gasteiger partial charge in [0.25, 0.3) is 0 Å². The first-order valence-electron chi connectivity index (χ1n) is 6.29. The highest BCUT2D eigenvalue weighted by Gasteiger charge is 2.15. The third-order valence-electron chi connectivity index (χ3n) is 2.37. The van der Waals surface area contributed by atoms with E-state index in [4.69, 9.17) is 0 Å². The lowest BCUT2D eigenvalue weighted by Crippen LogP contribution is -2.49. The molecule has 6 heteroatoms. The quantitative estimate of drug-likeness (QED) is 0.795. The van der Waals surface area contributed by atoms with E-state index in [9.17, 15) is 14.0 Å². The Labute approximate surface area is 117 Å². The summed E-state index contributed by atoms with van der Waals surface area (Å²) >= 11 is 0. The molecule has 1 rings (SSSR count). The van der Waals surface area contributed by atoms with Gasteiger partial charge in [-0.3, -0.25) is 10.1 Å². The number of hydrogen-bond acceptors (Lipinski definition) is 3. The van der Waals surface area contributed by atoms with E-state index < -0.39 is 17.5 Å². The lowest BCUT2D eigenvalue weighted by Gasteiger charge is -2.20. The van der Waals surface area contributed by atoms with Gasteiger partial charge in [0.05, 0.1) is 6.54 Å². The molecule has 1 aromatic rings. The van der Waals surface area contributed by atoms with Gasteiger partial charge >= 0.3 is 6.03 Å². The molecule has 3 N–H and O–H groups in total. The average molecular weight is 281 g/mol. The highest BCUT2D eigenvalue weighted by Crippen LogP contribution is 2.14. The summed E-state index contributed by atoms with van der Waals surface area (Å²) in [5, 5.41) is 7.68. The third kappa shape index (κ3) is 5.69. The van der Waals surface area contributed by atoms with Gasteiger partial charge < -0.3 is 10.6 Å². The number of halogens is 1. The van der Waals surface area contributed by atoms with Crippen LogP contribution in [0.5, 0.6) is 0 Å². The zero-order valence-corrected chi connectivity index (χ0v) is 12.1. The molecule has 0 aliphatic carbocycles. The van der Waals surface area contributed by atoms with E-state index in [1.165, 1.54) is 12.1 Å². The molecular weight excluding hydrogens is 261 g/mol. The van der Waals surface area contributed by atoms with Crippen LogP contribution in [-0.4, -0.2) is 24.0 Å². The van der Waals surface area contributed by atoms with Gasteiger partial charge in [0.15, 0.2) is 0 Å². The number of aryl methyl sites for hydroxylation is 1. The fourth-order valence-corrected chi connectivity index (χ4v) is 1.54. The first-order valence-corrected chi connectivity index (χ1v) is 6.29. The molecule has 0 atom stereocenters. The molecule has 0 saturated heterocycles. The van der Waals surface area contributed by atoms with Crippen molar-refractivity contribution < 1.29 is 14.0 Å². The molecular formula is C14H20FN3O2. The number of nitrogens with one attached hydrogen (secondary N) is 3. The minimum Gasteiger partial charge on any atom is -0.376 e. The highest BCUT2D eigenvalue weighted by atomic mass is 19.1. The van der Waals surface area contributed by atoms with E-state index in [0.717, 1.165) is 0 Å². The van der Waals surface area contributed by atoms with Gasteiger partial charge in [-0.2, -0.15) is 0 Å². The van der Waals surface area contributed by atoms with E-state index in [0.29, 0.717) is 11.3 Å². The van der Waals surface area contributed by atoms with Gasteiger partial charge in [-0.25, -0.2) is 9.18 Å². The Morgan fingerprint density at radius 3 is 2.45 bits per heavy atom. The molecule has 0 heterocycles. The summed E-state index contributed by atoms with van der Waals surface area (Å²) in [5.74, 6) is -0.794. The van der Waals surface area contributed by atoms with Gasteiger partial charge in [-0.05, 0) is 51.5 Å². The molecule has 5 nitrogen and oxygen atoms in total. The molecule has 3 amide bonds. The zero-order chi connectivity index (χ0) is 15.3. The Morgan fingerprint density at radius 2 is 1.90 bits per heavy atom. The number of carbonyl (C=O) groups is 2. The molecule has 110 valence electrons. The first kappa shape index (κ1) is 15.9. The van der Waals surface area contributed by atoms with Crippen LogP contribution in [0.15, 0.2) is 18.2 Å². The zero-order valence-electron chi connectivity index (χ0n) is 12.1. The normalized spacial score (nSPS) is 10.8. The maximum atomic E-state index is 12.9. The van der Waals surface area contributed by atoms with E-state index in [-0.39, 0.29) is 12.4 Å². The number of rotatable bonds is 3. The van der Waals surface area contributed by atoms with Crippen molar-refractivity contribution in [3.05, 3.63) is 29.6 Å². The fourth-order valence-electron chi connectivity index (χ4n) is 1.54. The van der Waals surface area contributed by atoms with Crippen molar-refractivity contribution in [2.24, 2.45) is 0 Å². The van der Waals surface area contributed by atoms with Crippen molar-refractivity contribution in [3.63, 3.8) is 0 Å². The predicted octanol–water partition coefficient (Wildman–Crippen LogP) is 2.17. The van der Waals surface area contributed by atoms with Crippen molar-refractivity contribution in [1.82, 2.24) is 10.6 Å². The van der Waals surface area contributed by atoms with Crippen LogP contribution >= 0.6 is 0 Å². The van der Waals surface area contributed by atoms with Gasteiger partial charge in [-0.1, -0.05) is 0 Å². The van der Waals surface area contributed by atoms with Gasteiger partial charge in [0.2, 0.25) is 5.91 Å². The highest BCUT2D eigenvalue weighted by molar-refractivity contribution is 5.96. The summed E-state index contributed by atoms with van der Waals surface area (Å²) in [5.41, 5.74) is 0.931. The molecule has 0 spiro atoms. The Bertz CT molecular complexity index is 510. The van der Waals surface area contributed by atoms with Crippen LogP contribution in [0, 0.1) is 12.7 Å². The van der Waals surface area contributed by atoms with E-state index in [2.05, 4.69) is 16.0 Å². The number of anilines is 1. The van der Waals surface area contributed by atoms with Crippen LogP contribution in [0.4, 0.5) is 14.9 Å². The number of amides is 3. The van der Waals surface area contributed by atoms with Crippen molar-refractivity contribution in [2.45, 2.75) is 33.2 Å². The topological polar surface area (TPSA) is 70.2 Å². The number of benzene rings is 1. The molecule has 0 radical (unpaired) electrons. The maximum Gasteiger partial charge on any atom is 0.321 e. The molecule has 0 fully saturated rings. The Hall–Kier alpha value is -2.11. The maximum absolute atomic E-state index is 12.9. The largest absolute Gasteiger partial charge is 0.376 e. The van der Waals surface area contributed by atoms with Gasteiger partial charge in [0, 0.05) is 11.2 Å². The monoisotopic (exact) mass is 281 g/mol. The molecule has 0 aromatic heterocycles. The smallest absolute Gasteiger partial charge is 0.321 e. The van der Waals surface area contributed by atoms with Crippen LogP contribution in [0.1, 0.15) is 26.3 Å². The van der Waals surface area contributed by atoms with Crippen LogP contribution in [0.3, 0.4) is 0 Å². The SMILES string of the molecule is Cc1cc(F)ccc1NCC(=O)NC(=O)NC(C)(C)C. The van der Waals surface area contributed by atoms with Crippen LogP contribution in [0.25, 0.3) is 0 Å². The summed E-state index contributed by atoms with van der Waals surface area (Å²) < 4.78 is 12.9. The molecule has 20 heavy (non-hydrogen) atoms. The fraction of sp³-hybridized carbons (Fsp3) is 0.429.